The Balaban J connectivity index is 3.04. The molecule has 1 aromatic rings. The highest BCUT2D eigenvalue weighted by Crippen LogP contribution is 2.23. The van der Waals surface area contributed by atoms with Gasteiger partial charge in [-0.25, -0.2) is 0 Å². The summed E-state index contributed by atoms with van der Waals surface area (Å²) in [7, 11) is 0. The first kappa shape index (κ1) is 9.85. The maximum Gasteiger partial charge on any atom is 0.0344 e. The van der Waals surface area contributed by atoms with E-state index >= 15 is 0 Å². The fourth-order valence-electron chi connectivity index (χ4n) is 1.21. The van der Waals surface area contributed by atoms with Gasteiger partial charge >= 0.3 is 0 Å². The van der Waals surface area contributed by atoms with Crippen LogP contribution in [0.25, 0.3) is 5.57 Å². The molecule has 70 valence electrons. The standard InChI is InChI=1S/C12H17N/c1-8(2)10(4)11-5-6-12(13)9(3)7-11/h5-8H,4,13H2,1-3H3. The molecule has 1 aromatic carbocycles. The maximum absolute atomic E-state index is 5.74. The summed E-state index contributed by atoms with van der Waals surface area (Å²) >= 11 is 0. The third-order valence-electron chi connectivity index (χ3n) is 2.34. The Morgan fingerprint density at radius 1 is 1.38 bits per heavy atom. The molecule has 0 atom stereocenters. The Hall–Kier alpha value is -1.24. The Morgan fingerprint density at radius 3 is 2.46 bits per heavy atom. The lowest BCUT2D eigenvalue weighted by Gasteiger charge is -2.11. The van der Waals surface area contributed by atoms with Crippen molar-refractivity contribution < 1.29 is 0 Å². The molecule has 0 amide bonds. The molecule has 0 saturated carbocycles. The number of nitrogens with two attached hydrogens (primary N) is 1. The molecule has 0 radical (unpaired) electrons. The van der Waals surface area contributed by atoms with E-state index in [0.717, 1.165) is 11.3 Å². The van der Waals surface area contributed by atoms with Gasteiger partial charge in [0, 0.05) is 5.69 Å². The van der Waals surface area contributed by atoms with Gasteiger partial charge in [-0.1, -0.05) is 26.5 Å². The van der Waals surface area contributed by atoms with Crippen LogP contribution in [0.3, 0.4) is 0 Å². The molecule has 2 N–H and O–H groups in total. The fourth-order valence-corrected chi connectivity index (χ4v) is 1.21. The molecule has 0 aliphatic rings. The van der Waals surface area contributed by atoms with Gasteiger partial charge in [-0.3, -0.25) is 0 Å². The smallest absolute Gasteiger partial charge is 0.0344 e. The second-order valence-electron chi connectivity index (χ2n) is 3.75. The zero-order valence-corrected chi connectivity index (χ0v) is 8.59. The van der Waals surface area contributed by atoms with Crippen LogP contribution in [0.4, 0.5) is 5.69 Å². The summed E-state index contributed by atoms with van der Waals surface area (Å²) in [5.74, 6) is 0.489. The van der Waals surface area contributed by atoms with E-state index in [2.05, 4.69) is 26.5 Å². The molecule has 1 nitrogen and oxygen atoms in total. The highest BCUT2D eigenvalue weighted by atomic mass is 14.5. The minimum Gasteiger partial charge on any atom is -0.399 e. The quantitative estimate of drug-likeness (QED) is 0.686. The Kier molecular flexibility index (Phi) is 2.76. The average molecular weight is 175 g/mol. The van der Waals surface area contributed by atoms with Crippen molar-refractivity contribution in [3.05, 3.63) is 35.9 Å². The van der Waals surface area contributed by atoms with Crippen molar-refractivity contribution in [2.75, 3.05) is 5.73 Å². The summed E-state index contributed by atoms with van der Waals surface area (Å²) < 4.78 is 0. The third kappa shape index (κ3) is 2.11. The van der Waals surface area contributed by atoms with Gasteiger partial charge in [0.2, 0.25) is 0 Å². The molecular formula is C12H17N. The van der Waals surface area contributed by atoms with Crippen molar-refractivity contribution in [2.24, 2.45) is 5.92 Å². The third-order valence-corrected chi connectivity index (χ3v) is 2.34. The zero-order chi connectivity index (χ0) is 10.0. The molecule has 1 rings (SSSR count). The van der Waals surface area contributed by atoms with E-state index < -0.39 is 0 Å². The topological polar surface area (TPSA) is 26.0 Å². The average Bonchev–Trinajstić information content (AvgIpc) is 2.08. The molecule has 13 heavy (non-hydrogen) atoms. The van der Waals surface area contributed by atoms with E-state index in [1.807, 2.05) is 19.1 Å². The monoisotopic (exact) mass is 175 g/mol. The minimum atomic E-state index is 0.489. The first-order valence-electron chi connectivity index (χ1n) is 4.57. The minimum absolute atomic E-state index is 0.489. The molecule has 0 aromatic heterocycles. The Labute approximate surface area is 80.3 Å². The first-order valence-corrected chi connectivity index (χ1v) is 4.57. The Morgan fingerprint density at radius 2 is 2.00 bits per heavy atom. The van der Waals surface area contributed by atoms with Crippen LogP contribution in [0.15, 0.2) is 24.8 Å². The molecular weight excluding hydrogens is 158 g/mol. The maximum atomic E-state index is 5.74. The van der Waals surface area contributed by atoms with Gasteiger partial charge in [0.1, 0.15) is 0 Å². The number of allylic oxidation sites excluding steroid dienone is 1. The summed E-state index contributed by atoms with van der Waals surface area (Å²) in [6.45, 7) is 10.4. The summed E-state index contributed by atoms with van der Waals surface area (Å²) in [6.07, 6.45) is 0. The molecule has 0 spiro atoms. The molecule has 0 bridgehead atoms. The number of anilines is 1. The summed E-state index contributed by atoms with van der Waals surface area (Å²) in [5, 5.41) is 0. The van der Waals surface area contributed by atoms with Gasteiger partial charge in [-0.05, 0) is 41.7 Å². The van der Waals surface area contributed by atoms with Crippen molar-refractivity contribution in [3.63, 3.8) is 0 Å². The predicted octanol–water partition coefficient (Wildman–Crippen LogP) is 3.25. The summed E-state index contributed by atoms with van der Waals surface area (Å²) in [4.78, 5) is 0. The summed E-state index contributed by atoms with van der Waals surface area (Å²) in [5.41, 5.74) is 10.1. The van der Waals surface area contributed by atoms with Gasteiger partial charge in [0.05, 0.1) is 0 Å². The molecule has 0 unspecified atom stereocenters. The lowest BCUT2D eigenvalue weighted by atomic mass is 9.95. The number of rotatable bonds is 2. The van der Waals surface area contributed by atoms with Crippen molar-refractivity contribution >= 4 is 11.3 Å². The van der Waals surface area contributed by atoms with Crippen LogP contribution in [0.2, 0.25) is 0 Å². The lowest BCUT2D eigenvalue weighted by molar-refractivity contribution is 0.857. The van der Waals surface area contributed by atoms with Crippen LogP contribution < -0.4 is 5.73 Å². The number of hydrogen-bond donors (Lipinski definition) is 1. The van der Waals surface area contributed by atoms with Gasteiger partial charge in [-0.2, -0.15) is 0 Å². The molecule has 0 aliphatic carbocycles. The van der Waals surface area contributed by atoms with Gasteiger partial charge in [0.25, 0.3) is 0 Å². The SMILES string of the molecule is C=C(c1ccc(N)c(C)c1)C(C)C. The number of nitrogen functional groups attached to an aromatic ring is 1. The normalized spacial score (nSPS) is 10.5. The highest BCUT2D eigenvalue weighted by Gasteiger charge is 2.04. The van der Waals surface area contributed by atoms with E-state index in [0.29, 0.717) is 5.92 Å². The number of benzene rings is 1. The Bertz CT molecular complexity index is 324. The van der Waals surface area contributed by atoms with Crippen LogP contribution in [-0.2, 0) is 0 Å². The predicted molar refractivity (Wildman–Crippen MR) is 59.5 cm³/mol. The van der Waals surface area contributed by atoms with Gasteiger partial charge in [0.15, 0.2) is 0 Å². The second kappa shape index (κ2) is 3.65. The van der Waals surface area contributed by atoms with Crippen LogP contribution in [0, 0.1) is 12.8 Å². The molecule has 0 aliphatic heterocycles. The van der Waals surface area contributed by atoms with Crippen molar-refractivity contribution in [3.8, 4) is 0 Å². The first-order chi connectivity index (χ1) is 6.02. The molecule has 0 heterocycles. The van der Waals surface area contributed by atoms with Crippen LogP contribution >= 0.6 is 0 Å². The molecule has 0 saturated heterocycles. The molecule has 1 heteroatoms. The lowest BCUT2D eigenvalue weighted by Crippen LogP contribution is -1.95. The van der Waals surface area contributed by atoms with Crippen molar-refractivity contribution in [1.82, 2.24) is 0 Å². The summed E-state index contributed by atoms with van der Waals surface area (Å²) in [6, 6.07) is 6.07. The van der Waals surface area contributed by atoms with Crippen LogP contribution in [0.1, 0.15) is 25.0 Å². The van der Waals surface area contributed by atoms with Crippen LogP contribution in [-0.4, -0.2) is 0 Å². The van der Waals surface area contributed by atoms with E-state index in [9.17, 15) is 0 Å². The second-order valence-corrected chi connectivity index (χ2v) is 3.75. The fraction of sp³-hybridized carbons (Fsp3) is 0.333. The largest absolute Gasteiger partial charge is 0.399 e. The van der Waals surface area contributed by atoms with Crippen molar-refractivity contribution in [2.45, 2.75) is 20.8 Å². The number of aryl methyl sites for hydroxylation is 1. The van der Waals surface area contributed by atoms with Gasteiger partial charge in [-0.15, -0.1) is 0 Å². The van der Waals surface area contributed by atoms with E-state index in [1.165, 1.54) is 11.1 Å². The van der Waals surface area contributed by atoms with Crippen LogP contribution in [0.5, 0.6) is 0 Å². The van der Waals surface area contributed by atoms with Gasteiger partial charge < -0.3 is 5.73 Å². The van der Waals surface area contributed by atoms with E-state index in [4.69, 9.17) is 5.73 Å². The zero-order valence-electron chi connectivity index (χ0n) is 8.59. The van der Waals surface area contributed by atoms with E-state index in [1.54, 1.807) is 0 Å². The highest BCUT2D eigenvalue weighted by molar-refractivity contribution is 5.67. The molecule has 0 fully saturated rings. The van der Waals surface area contributed by atoms with Crippen molar-refractivity contribution in [1.29, 1.82) is 0 Å². The van der Waals surface area contributed by atoms with E-state index in [-0.39, 0.29) is 0 Å². The number of hydrogen-bond acceptors (Lipinski definition) is 1.